The number of ketones is 1. The molecule has 1 N–H and O–H groups in total. The molecule has 5 aromatic rings. The number of imidazole rings is 1. The molecular weight excluding hydrogens is 510 g/mol. The Morgan fingerprint density at radius 3 is 2.62 bits per heavy atom. The number of fused-ring (bicyclic) bond motifs is 3. The topological polar surface area (TPSA) is 94.5 Å². The highest BCUT2D eigenvalue weighted by atomic mass is 32.1. The molecule has 0 saturated heterocycles. The van der Waals surface area contributed by atoms with E-state index in [4.69, 9.17) is 19.2 Å². The summed E-state index contributed by atoms with van der Waals surface area (Å²) in [7, 11) is 1.99. The molecule has 0 amide bonds. The average molecular weight is 544 g/mol. The zero-order valence-corrected chi connectivity index (χ0v) is 23.6. The van der Waals surface area contributed by atoms with Gasteiger partial charge in [-0.2, -0.15) is 0 Å². The number of carbonyl (C=O) groups is 1. The van der Waals surface area contributed by atoms with Gasteiger partial charge >= 0.3 is 0 Å². The lowest BCUT2D eigenvalue weighted by Gasteiger charge is -2.14. The molecule has 0 aliphatic heterocycles. The number of nitrogens with zero attached hydrogens (tertiary/aromatic N) is 4. The van der Waals surface area contributed by atoms with Crippen LogP contribution in [0.25, 0.3) is 26.6 Å². The van der Waals surface area contributed by atoms with Gasteiger partial charge in [0.05, 0.1) is 29.9 Å². The molecule has 1 saturated carbocycles. The van der Waals surface area contributed by atoms with Crippen LogP contribution in [0.2, 0.25) is 0 Å². The van der Waals surface area contributed by atoms with Crippen LogP contribution in [0.1, 0.15) is 50.6 Å². The Kier molecular flexibility index (Phi) is 6.51. The number of nitrogens with one attached hydrogen (secondary N) is 1. The molecule has 1 aliphatic rings. The average Bonchev–Trinajstić information content (AvgIpc) is 3.19. The summed E-state index contributed by atoms with van der Waals surface area (Å²) in [6.45, 7) is 7.85. The van der Waals surface area contributed by atoms with Gasteiger partial charge in [-0.25, -0.2) is 9.97 Å². The molecule has 1 fully saturated rings. The molecular formula is C30H33N5O3S. The summed E-state index contributed by atoms with van der Waals surface area (Å²) >= 11 is 1.56. The van der Waals surface area contributed by atoms with E-state index in [2.05, 4.69) is 41.7 Å². The van der Waals surface area contributed by atoms with Crippen molar-refractivity contribution in [3.63, 3.8) is 0 Å². The van der Waals surface area contributed by atoms with Crippen LogP contribution in [-0.2, 0) is 23.1 Å². The van der Waals surface area contributed by atoms with E-state index in [1.54, 1.807) is 11.3 Å². The molecule has 39 heavy (non-hydrogen) atoms. The van der Waals surface area contributed by atoms with Crippen LogP contribution in [0.4, 0.5) is 0 Å². The summed E-state index contributed by atoms with van der Waals surface area (Å²) in [6.07, 6.45) is 5.06. The fourth-order valence-electron chi connectivity index (χ4n) is 4.77. The molecule has 0 unspecified atom stereocenters. The number of benzene rings is 1. The summed E-state index contributed by atoms with van der Waals surface area (Å²) < 4.78 is 13.5. The fourth-order valence-corrected chi connectivity index (χ4v) is 5.75. The lowest BCUT2D eigenvalue weighted by Crippen LogP contribution is -2.25. The third-order valence-electron chi connectivity index (χ3n) is 7.30. The Labute approximate surface area is 231 Å². The van der Waals surface area contributed by atoms with Gasteiger partial charge in [-0.15, -0.1) is 0 Å². The lowest BCUT2D eigenvalue weighted by molar-refractivity contribution is -0.117. The van der Waals surface area contributed by atoms with E-state index < -0.39 is 0 Å². The van der Waals surface area contributed by atoms with E-state index in [-0.39, 0.29) is 23.0 Å². The van der Waals surface area contributed by atoms with Crippen LogP contribution in [0.5, 0.6) is 5.88 Å². The first-order valence-corrected chi connectivity index (χ1v) is 14.2. The molecule has 0 radical (unpaired) electrons. The summed E-state index contributed by atoms with van der Waals surface area (Å²) in [5.74, 6) is 1.56. The molecule has 9 heteroatoms. The highest BCUT2D eigenvalue weighted by Crippen LogP contribution is 2.45. The van der Waals surface area contributed by atoms with E-state index in [1.807, 2.05) is 49.6 Å². The molecule has 1 aliphatic carbocycles. The minimum Gasteiger partial charge on any atom is -0.477 e. The lowest BCUT2D eigenvalue weighted by atomic mass is 9.93. The second-order valence-electron chi connectivity index (χ2n) is 11.7. The maximum Gasteiger partial charge on any atom is 0.214 e. The highest BCUT2D eigenvalue weighted by molar-refractivity contribution is 7.23. The Hall–Kier alpha value is -3.56. The summed E-state index contributed by atoms with van der Waals surface area (Å²) in [5.41, 5.74) is 4.70. The molecule has 6 rings (SSSR count). The maximum atomic E-state index is 12.6. The van der Waals surface area contributed by atoms with E-state index >= 15 is 0 Å². The third-order valence-corrected chi connectivity index (χ3v) is 8.26. The third kappa shape index (κ3) is 5.46. The number of pyridine rings is 1. The van der Waals surface area contributed by atoms with Crippen molar-refractivity contribution in [1.29, 1.82) is 0 Å². The second-order valence-corrected chi connectivity index (χ2v) is 12.7. The molecule has 4 heterocycles. The van der Waals surface area contributed by atoms with Crippen LogP contribution in [-0.4, -0.2) is 45.5 Å². The number of ether oxygens (including phenoxy) is 1. The maximum absolute atomic E-state index is 12.6. The van der Waals surface area contributed by atoms with Gasteiger partial charge in [0.1, 0.15) is 16.4 Å². The number of hydrogen-bond acceptors (Lipinski definition) is 8. The SMILES string of the molecule is CNCC1(COc2ccc3c(n2)sc2nc(-c4ccc(CC(=O)Cc5cc(C(C)(C)C)on5)cc4)cn23)CC1. The largest absolute Gasteiger partial charge is 0.477 e. The quantitative estimate of drug-likeness (QED) is 0.244. The van der Waals surface area contributed by atoms with Crippen molar-refractivity contribution in [3.8, 4) is 17.1 Å². The van der Waals surface area contributed by atoms with Gasteiger partial charge in [0, 0.05) is 47.7 Å². The van der Waals surface area contributed by atoms with E-state index in [0.29, 0.717) is 24.6 Å². The smallest absolute Gasteiger partial charge is 0.214 e. The van der Waals surface area contributed by atoms with Gasteiger partial charge in [0.2, 0.25) is 5.88 Å². The van der Waals surface area contributed by atoms with E-state index in [9.17, 15) is 4.79 Å². The van der Waals surface area contributed by atoms with Crippen molar-refractivity contribution in [3.05, 3.63) is 65.7 Å². The first kappa shape index (κ1) is 25.7. The van der Waals surface area contributed by atoms with Crippen molar-refractivity contribution in [2.75, 3.05) is 20.2 Å². The van der Waals surface area contributed by atoms with Crippen LogP contribution < -0.4 is 10.1 Å². The summed E-state index contributed by atoms with van der Waals surface area (Å²) in [6, 6.07) is 13.9. The Balaban J connectivity index is 1.11. The predicted molar refractivity (Wildman–Crippen MR) is 153 cm³/mol. The van der Waals surface area contributed by atoms with Crippen LogP contribution in [0.15, 0.2) is 53.2 Å². The number of hydrogen-bond donors (Lipinski definition) is 1. The normalized spacial score (nSPS) is 14.8. The highest BCUT2D eigenvalue weighted by Gasteiger charge is 2.42. The fraction of sp³-hybridized carbons (Fsp3) is 0.400. The van der Waals surface area contributed by atoms with Gasteiger partial charge in [0.25, 0.3) is 0 Å². The molecule has 202 valence electrons. The van der Waals surface area contributed by atoms with Gasteiger partial charge in [-0.3, -0.25) is 9.20 Å². The number of carbonyl (C=O) groups excluding carboxylic acids is 1. The number of thiazole rings is 1. The number of Topliss-reactive ketones (excluding diaryl/α,β-unsaturated/α-hetero) is 1. The van der Waals surface area contributed by atoms with Crippen LogP contribution in [0.3, 0.4) is 0 Å². The second kappa shape index (κ2) is 9.88. The Morgan fingerprint density at radius 1 is 1.13 bits per heavy atom. The van der Waals surface area contributed by atoms with Gasteiger partial charge in [0.15, 0.2) is 4.96 Å². The number of rotatable bonds is 10. The minimum absolute atomic E-state index is 0.107. The Morgan fingerprint density at radius 2 is 1.92 bits per heavy atom. The van der Waals surface area contributed by atoms with Crippen LogP contribution in [0, 0.1) is 5.41 Å². The first-order chi connectivity index (χ1) is 18.7. The van der Waals surface area contributed by atoms with Crippen molar-refractivity contribution < 1.29 is 14.1 Å². The van der Waals surface area contributed by atoms with Gasteiger partial charge in [-0.05, 0) is 31.5 Å². The molecule has 1 aromatic carbocycles. The van der Waals surface area contributed by atoms with Gasteiger partial charge in [-0.1, -0.05) is 61.5 Å². The summed E-state index contributed by atoms with van der Waals surface area (Å²) in [5, 5.41) is 7.33. The monoisotopic (exact) mass is 543 g/mol. The predicted octanol–water partition coefficient (Wildman–Crippen LogP) is 5.63. The van der Waals surface area contributed by atoms with Crippen molar-refractivity contribution in [2.45, 2.75) is 51.9 Å². The van der Waals surface area contributed by atoms with Gasteiger partial charge < -0.3 is 14.6 Å². The van der Waals surface area contributed by atoms with Crippen molar-refractivity contribution in [2.24, 2.45) is 5.41 Å². The zero-order valence-electron chi connectivity index (χ0n) is 22.8. The molecule has 8 nitrogen and oxygen atoms in total. The van der Waals surface area contributed by atoms with Crippen LogP contribution >= 0.6 is 11.3 Å². The number of aromatic nitrogens is 4. The standard InChI is InChI=1S/C30H33N5O3S/c1-29(2,3)25-15-21(34-38-25)14-22(36)13-19-5-7-20(8-6-19)23-16-35-24-9-10-26(33-27(24)39-28(35)32-23)37-18-30(11-12-30)17-31-4/h5-10,15-16,31H,11-14,17-18H2,1-4H3. The van der Waals surface area contributed by atoms with E-state index in [0.717, 1.165) is 44.4 Å². The van der Waals surface area contributed by atoms with Crippen molar-refractivity contribution in [1.82, 2.24) is 24.8 Å². The molecule has 0 spiro atoms. The van der Waals surface area contributed by atoms with Crippen molar-refractivity contribution >= 4 is 32.4 Å². The Bertz CT molecular complexity index is 1640. The summed E-state index contributed by atoms with van der Waals surface area (Å²) in [4.78, 5) is 24.0. The molecule has 0 atom stereocenters. The molecule has 0 bridgehead atoms. The first-order valence-electron chi connectivity index (χ1n) is 13.3. The zero-order chi connectivity index (χ0) is 27.2. The minimum atomic E-state index is -0.128. The molecule has 4 aromatic heterocycles. The van der Waals surface area contributed by atoms with E-state index in [1.165, 1.54) is 12.8 Å².